The van der Waals surface area contributed by atoms with Crippen LogP contribution in [0.1, 0.15) is 5.56 Å². The minimum Gasteiger partial charge on any atom is -0.454 e. The lowest BCUT2D eigenvalue weighted by Crippen LogP contribution is -2.12. The first-order valence-electron chi connectivity index (χ1n) is 5.25. The maximum atomic E-state index is 14.1. The third kappa shape index (κ3) is 3.05. The van der Waals surface area contributed by atoms with E-state index in [-0.39, 0.29) is 21.6 Å². The summed E-state index contributed by atoms with van der Waals surface area (Å²) in [6, 6.07) is 9.56. The Labute approximate surface area is 122 Å². The van der Waals surface area contributed by atoms with Crippen molar-refractivity contribution in [2.75, 3.05) is 0 Å². The van der Waals surface area contributed by atoms with Gasteiger partial charge in [-0.25, -0.2) is 4.39 Å². The van der Waals surface area contributed by atoms with E-state index in [2.05, 4.69) is 15.9 Å². The van der Waals surface area contributed by atoms with Crippen molar-refractivity contribution in [3.8, 4) is 11.5 Å². The Bertz CT molecular complexity index is 649. The van der Waals surface area contributed by atoms with E-state index in [0.29, 0.717) is 10.8 Å². The molecular formula is C13H9BrClFN2O. The fraction of sp³-hybridized carbons (Fsp3) is 0. The van der Waals surface area contributed by atoms with Gasteiger partial charge in [0.05, 0.1) is 4.47 Å². The van der Waals surface area contributed by atoms with Crippen LogP contribution >= 0.6 is 27.5 Å². The second-order valence-electron chi connectivity index (χ2n) is 3.71. The number of benzene rings is 2. The van der Waals surface area contributed by atoms with E-state index < -0.39 is 5.82 Å². The van der Waals surface area contributed by atoms with Gasteiger partial charge in [0.25, 0.3) is 0 Å². The van der Waals surface area contributed by atoms with Gasteiger partial charge in [0.15, 0.2) is 11.6 Å². The normalized spacial score (nSPS) is 10.3. The number of halogens is 3. The Balaban J connectivity index is 2.37. The molecule has 2 aromatic carbocycles. The first-order valence-corrected chi connectivity index (χ1v) is 6.42. The molecule has 3 N–H and O–H groups in total. The highest BCUT2D eigenvalue weighted by Gasteiger charge is 2.14. The number of nitrogens with one attached hydrogen (secondary N) is 1. The summed E-state index contributed by atoms with van der Waals surface area (Å²) in [7, 11) is 0. The van der Waals surface area contributed by atoms with Crippen molar-refractivity contribution in [1.82, 2.24) is 0 Å². The zero-order chi connectivity index (χ0) is 14.0. The van der Waals surface area contributed by atoms with E-state index in [4.69, 9.17) is 27.5 Å². The highest BCUT2D eigenvalue weighted by molar-refractivity contribution is 9.10. The molecule has 0 unspecified atom stereocenters. The molecule has 19 heavy (non-hydrogen) atoms. The van der Waals surface area contributed by atoms with Crippen LogP contribution in [0.3, 0.4) is 0 Å². The molecule has 0 amide bonds. The smallest absolute Gasteiger partial charge is 0.180 e. The van der Waals surface area contributed by atoms with Crippen LogP contribution in [0.25, 0.3) is 0 Å². The third-order valence-corrected chi connectivity index (χ3v) is 3.37. The van der Waals surface area contributed by atoms with Crippen molar-refractivity contribution in [2.45, 2.75) is 0 Å². The molecule has 0 aromatic heterocycles. The first kappa shape index (κ1) is 13.8. The third-order valence-electron chi connectivity index (χ3n) is 2.36. The van der Waals surface area contributed by atoms with Crippen LogP contribution in [-0.2, 0) is 0 Å². The predicted molar refractivity (Wildman–Crippen MR) is 76.6 cm³/mol. The van der Waals surface area contributed by atoms with E-state index in [0.717, 1.165) is 0 Å². The standard InChI is InChI=1S/C13H9BrClFN2O/c14-11-9(13(17)18)4-5-10(12(11)16)19-8-3-1-2-7(15)6-8/h1-6H,(H3,17,18). The van der Waals surface area contributed by atoms with E-state index >= 15 is 0 Å². The molecule has 0 heterocycles. The van der Waals surface area contributed by atoms with Gasteiger partial charge in [0.1, 0.15) is 11.6 Å². The van der Waals surface area contributed by atoms with Gasteiger partial charge in [-0.2, -0.15) is 0 Å². The van der Waals surface area contributed by atoms with Gasteiger partial charge in [-0.1, -0.05) is 17.7 Å². The fourth-order valence-electron chi connectivity index (χ4n) is 1.48. The molecule has 0 spiro atoms. The SMILES string of the molecule is N=C(N)c1ccc(Oc2cccc(Cl)c2)c(F)c1Br. The molecule has 0 radical (unpaired) electrons. The number of hydrogen-bond acceptors (Lipinski definition) is 2. The largest absolute Gasteiger partial charge is 0.454 e. The van der Waals surface area contributed by atoms with Crippen LogP contribution in [0.15, 0.2) is 40.9 Å². The Morgan fingerprint density at radius 2 is 2.05 bits per heavy atom. The van der Waals surface area contributed by atoms with Gasteiger partial charge < -0.3 is 10.5 Å². The van der Waals surface area contributed by atoms with Crippen LogP contribution in [0.4, 0.5) is 4.39 Å². The fourth-order valence-corrected chi connectivity index (χ4v) is 2.20. The number of nitrogen functional groups attached to an aromatic ring is 1. The lowest BCUT2D eigenvalue weighted by molar-refractivity contribution is 0.440. The molecule has 6 heteroatoms. The molecule has 0 aliphatic carbocycles. The van der Waals surface area contributed by atoms with E-state index in [1.165, 1.54) is 12.1 Å². The van der Waals surface area contributed by atoms with Crippen molar-refractivity contribution in [3.63, 3.8) is 0 Å². The summed E-state index contributed by atoms with van der Waals surface area (Å²) < 4.78 is 19.6. The number of hydrogen-bond donors (Lipinski definition) is 2. The highest BCUT2D eigenvalue weighted by atomic mass is 79.9. The average molecular weight is 344 g/mol. The van der Waals surface area contributed by atoms with Crippen molar-refractivity contribution in [1.29, 1.82) is 5.41 Å². The molecule has 0 saturated heterocycles. The zero-order valence-corrected chi connectivity index (χ0v) is 11.9. The Hall–Kier alpha value is -1.59. The lowest BCUT2D eigenvalue weighted by atomic mass is 10.2. The van der Waals surface area contributed by atoms with Gasteiger partial charge in [0.2, 0.25) is 0 Å². The maximum absolute atomic E-state index is 14.1. The van der Waals surface area contributed by atoms with E-state index in [1.54, 1.807) is 24.3 Å². The van der Waals surface area contributed by atoms with Crippen LogP contribution in [0.5, 0.6) is 11.5 Å². The van der Waals surface area contributed by atoms with E-state index in [1.807, 2.05) is 0 Å². The van der Waals surface area contributed by atoms with Crippen LogP contribution in [0, 0.1) is 11.2 Å². The zero-order valence-electron chi connectivity index (χ0n) is 9.58. The first-order chi connectivity index (χ1) is 8.99. The molecule has 0 atom stereocenters. The lowest BCUT2D eigenvalue weighted by Gasteiger charge is -2.10. The second kappa shape index (κ2) is 5.59. The van der Waals surface area contributed by atoms with Gasteiger partial charge in [-0.15, -0.1) is 0 Å². The molecular weight excluding hydrogens is 335 g/mol. The van der Waals surface area contributed by atoms with Gasteiger partial charge >= 0.3 is 0 Å². The van der Waals surface area contributed by atoms with Crippen molar-refractivity contribution >= 4 is 33.4 Å². The summed E-state index contributed by atoms with van der Waals surface area (Å²) in [4.78, 5) is 0. The Morgan fingerprint density at radius 3 is 2.68 bits per heavy atom. The van der Waals surface area contributed by atoms with Crippen molar-refractivity contribution in [2.24, 2.45) is 5.73 Å². The second-order valence-corrected chi connectivity index (χ2v) is 4.94. The minimum atomic E-state index is -0.618. The molecule has 2 aromatic rings. The summed E-state index contributed by atoms with van der Waals surface area (Å²) in [5.74, 6) is -0.388. The van der Waals surface area contributed by atoms with Crippen molar-refractivity contribution in [3.05, 3.63) is 57.3 Å². The molecule has 0 aliphatic heterocycles. The molecule has 0 fully saturated rings. The molecule has 2 rings (SSSR count). The Morgan fingerprint density at radius 1 is 1.32 bits per heavy atom. The average Bonchev–Trinajstić information content (AvgIpc) is 2.35. The number of rotatable bonds is 3. The molecule has 0 saturated carbocycles. The van der Waals surface area contributed by atoms with Crippen LogP contribution in [0.2, 0.25) is 5.02 Å². The van der Waals surface area contributed by atoms with Gasteiger partial charge in [-0.05, 0) is 46.3 Å². The summed E-state index contributed by atoms with van der Waals surface area (Å²) in [5, 5.41) is 7.81. The summed E-state index contributed by atoms with van der Waals surface area (Å²) in [6.45, 7) is 0. The molecule has 0 bridgehead atoms. The van der Waals surface area contributed by atoms with E-state index in [9.17, 15) is 4.39 Å². The maximum Gasteiger partial charge on any atom is 0.180 e. The summed E-state index contributed by atoms with van der Waals surface area (Å²) >= 11 is 8.88. The Kier molecular flexibility index (Phi) is 4.07. The number of amidine groups is 1. The minimum absolute atomic E-state index is 0.0270. The van der Waals surface area contributed by atoms with Crippen LogP contribution in [-0.4, -0.2) is 5.84 Å². The summed E-state index contributed by atoms with van der Waals surface area (Å²) in [6.07, 6.45) is 0. The monoisotopic (exact) mass is 342 g/mol. The topological polar surface area (TPSA) is 59.1 Å². The molecule has 3 nitrogen and oxygen atoms in total. The number of ether oxygens (including phenoxy) is 1. The highest BCUT2D eigenvalue weighted by Crippen LogP contribution is 2.32. The predicted octanol–water partition coefficient (Wildman–Crippen LogP) is 4.32. The van der Waals surface area contributed by atoms with Gasteiger partial charge in [0, 0.05) is 10.6 Å². The summed E-state index contributed by atoms with van der Waals surface area (Å²) in [5.41, 5.74) is 5.61. The van der Waals surface area contributed by atoms with Gasteiger partial charge in [-0.3, -0.25) is 5.41 Å². The van der Waals surface area contributed by atoms with Crippen LogP contribution < -0.4 is 10.5 Å². The molecule has 0 aliphatic rings. The quantitative estimate of drug-likeness (QED) is 0.644. The van der Waals surface area contributed by atoms with Crippen molar-refractivity contribution < 1.29 is 9.13 Å². The molecule has 98 valence electrons. The number of nitrogens with two attached hydrogens (primary N) is 1.